The van der Waals surface area contributed by atoms with Crippen molar-refractivity contribution in [3.63, 3.8) is 0 Å². The van der Waals surface area contributed by atoms with Gasteiger partial charge in [-0.1, -0.05) is 25.0 Å². The maximum absolute atomic E-state index is 12.3. The molecular formula is C17H23F3N2O2. The van der Waals surface area contributed by atoms with E-state index in [0.717, 1.165) is 31.2 Å². The summed E-state index contributed by atoms with van der Waals surface area (Å²) in [6.07, 6.45) is -0.473. The molecule has 0 bridgehead atoms. The predicted octanol–water partition coefficient (Wildman–Crippen LogP) is 3.15. The third-order valence-corrected chi connectivity index (χ3v) is 4.44. The number of nitrogens with two attached hydrogens (primary N) is 1. The first-order valence-corrected chi connectivity index (χ1v) is 8.09. The zero-order valence-electron chi connectivity index (χ0n) is 13.7. The summed E-state index contributed by atoms with van der Waals surface area (Å²) in [6, 6.07) is 5.65. The molecule has 1 fully saturated rings. The van der Waals surface area contributed by atoms with Gasteiger partial charge in [-0.05, 0) is 43.9 Å². The molecule has 0 aromatic heterocycles. The first kappa shape index (κ1) is 18.6. The summed E-state index contributed by atoms with van der Waals surface area (Å²) in [5.41, 5.74) is 6.56. The Bertz CT molecular complexity index is 556. The van der Waals surface area contributed by atoms with Gasteiger partial charge >= 0.3 is 6.36 Å². The van der Waals surface area contributed by atoms with Gasteiger partial charge in [0.15, 0.2) is 0 Å². The first-order chi connectivity index (χ1) is 11.2. The van der Waals surface area contributed by atoms with Gasteiger partial charge in [0.05, 0.1) is 5.92 Å². The second-order valence-corrected chi connectivity index (χ2v) is 6.54. The topological polar surface area (TPSA) is 64.4 Å². The van der Waals surface area contributed by atoms with Crippen molar-refractivity contribution in [3.8, 4) is 5.75 Å². The molecule has 134 valence electrons. The highest BCUT2D eigenvalue weighted by Crippen LogP contribution is 2.31. The number of carbonyl (C=O) groups excluding carboxylic acids is 1. The van der Waals surface area contributed by atoms with Crippen LogP contribution in [0, 0.1) is 5.92 Å². The predicted molar refractivity (Wildman–Crippen MR) is 84.4 cm³/mol. The van der Waals surface area contributed by atoms with Crippen LogP contribution in [0.3, 0.4) is 0 Å². The second kappa shape index (κ2) is 7.42. The molecule has 0 saturated heterocycles. The number of ether oxygens (including phenoxy) is 1. The molecule has 1 saturated carbocycles. The van der Waals surface area contributed by atoms with Crippen LogP contribution in [-0.2, 0) is 11.2 Å². The summed E-state index contributed by atoms with van der Waals surface area (Å²) in [7, 11) is 0. The van der Waals surface area contributed by atoms with Crippen molar-refractivity contribution in [2.75, 3.05) is 6.54 Å². The van der Waals surface area contributed by atoms with Crippen molar-refractivity contribution < 1.29 is 22.7 Å². The third kappa shape index (κ3) is 5.40. The minimum absolute atomic E-state index is 0.0447. The van der Waals surface area contributed by atoms with Gasteiger partial charge in [-0.3, -0.25) is 4.79 Å². The SMILES string of the molecule is CC1(N)CCCCC1C(=O)NCCc1ccc(OC(F)(F)F)cc1. The lowest BCUT2D eigenvalue weighted by atomic mass is 9.74. The Kier molecular flexibility index (Phi) is 5.74. The monoisotopic (exact) mass is 344 g/mol. The maximum Gasteiger partial charge on any atom is 0.573 e. The lowest BCUT2D eigenvalue weighted by molar-refractivity contribution is -0.274. The van der Waals surface area contributed by atoms with Gasteiger partial charge in [-0.2, -0.15) is 0 Å². The number of benzene rings is 1. The van der Waals surface area contributed by atoms with Gasteiger partial charge < -0.3 is 15.8 Å². The van der Waals surface area contributed by atoms with Crippen molar-refractivity contribution >= 4 is 5.91 Å². The summed E-state index contributed by atoms with van der Waals surface area (Å²) in [4.78, 5) is 12.3. The van der Waals surface area contributed by atoms with E-state index in [2.05, 4.69) is 10.1 Å². The van der Waals surface area contributed by atoms with Crippen molar-refractivity contribution in [1.29, 1.82) is 0 Å². The van der Waals surface area contributed by atoms with Crippen LogP contribution < -0.4 is 15.8 Å². The molecule has 1 aliphatic carbocycles. The number of nitrogens with one attached hydrogen (secondary N) is 1. The van der Waals surface area contributed by atoms with E-state index in [1.165, 1.54) is 12.1 Å². The zero-order chi connectivity index (χ0) is 17.8. The maximum atomic E-state index is 12.3. The first-order valence-electron chi connectivity index (χ1n) is 8.09. The number of amides is 1. The van der Waals surface area contributed by atoms with Crippen molar-refractivity contribution in [2.24, 2.45) is 11.7 Å². The molecule has 2 unspecified atom stereocenters. The van der Waals surface area contributed by atoms with Gasteiger partial charge in [0.1, 0.15) is 5.75 Å². The smallest absolute Gasteiger partial charge is 0.406 e. The molecule has 0 heterocycles. The fraction of sp³-hybridized carbons (Fsp3) is 0.588. The molecule has 0 spiro atoms. The molecule has 1 aliphatic rings. The second-order valence-electron chi connectivity index (χ2n) is 6.54. The molecule has 1 aromatic rings. The van der Waals surface area contributed by atoms with E-state index < -0.39 is 11.9 Å². The van der Waals surface area contributed by atoms with Crippen LogP contribution >= 0.6 is 0 Å². The van der Waals surface area contributed by atoms with Crippen LogP contribution in [0.15, 0.2) is 24.3 Å². The number of hydrogen-bond donors (Lipinski definition) is 2. The number of carbonyl (C=O) groups is 1. The molecule has 1 amide bonds. The molecule has 2 rings (SSSR count). The molecule has 0 radical (unpaired) electrons. The summed E-state index contributed by atoms with van der Waals surface area (Å²) in [5.74, 6) is -0.484. The van der Waals surface area contributed by atoms with E-state index in [1.54, 1.807) is 12.1 Å². The average molecular weight is 344 g/mol. The van der Waals surface area contributed by atoms with Crippen LogP contribution in [0.1, 0.15) is 38.2 Å². The lowest BCUT2D eigenvalue weighted by Gasteiger charge is -2.37. The molecule has 3 N–H and O–H groups in total. The minimum atomic E-state index is -4.69. The highest BCUT2D eigenvalue weighted by molar-refractivity contribution is 5.80. The normalized spacial score (nSPS) is 24.5. The van der Waals surface area contributed by atoms with Gasteiger partial charge in [0.2, 0.25) is 5.91 Å². The van der Waals surface area contributed by atoms with Crippen LogP contribution in [0.5, 0.6) is 5.75 Å². The van der Waals surface area contributed by atoms with Crippen molar-refractivity contribution in [3.05, 3.63) is 29.8 Å². The van der Waals surface area contributed by atoms with E-state index in [-0.39, 0.29) is 17.6 Å². The minimum Gasteiger partial charge on any atom is -0.406 e. The summed E-state index contributed by atoms with van der Waals surface area (Å²) < 4.78 is 40.1. The average Bonchev–Trinajstić information content (AvgIpc) is 2.47. The molecule has 0 aliphatic heterocycles. The van der Waals surface area contributed by atoms with E-state index in [4.69, 9.17) is 5.73 Å². The number of halogens is 3. The Balaban J connectivity index is 1.80. The van der Waals surface area contributed by atoms with E-state index >= 15 is 0 Å². The lowest BCUT2D eigenvalue weighted by Crippen LogP contribution is -2.53. The molecule has 4 nitrogen and oxygen atoms in total. The zero-order valence-corrected chi connectivity index (χ0v) is 13.7. The standard InChI is InChI=1S/C17H23F3N2O2/c1-16(21)10-3-2-4-14(16)15(23)22-11-9-12-5-7-13(8-6-12)24-17(18,19)20/h5-8,14H,2-4,9-11,21H2,1H3,(H,22,23). The largest absolute Gasteiger partial charge is 0.573 e. The fourth-order valence-corrected chi connectivity index (χ4v) is 3.10. The van der Waals surface area contributed by atoms with Crippen molar-refractivity contribution in [2.45, 2.75) is 50.9 Å². The molecule has 2 atom stereocenters. The van der Waals surface area contributed by atoms with Gasteiger partial charge in [-0.15, -0.1) is 13.2 Å². The Hall–Kier alpha value is -1.76. The number of rotatable bonds is 5. The summed E-state index contributed by atoms with van der Waals surface area (Å²) >= 11 is 0. The molecular weight excluding hydrogens is 321 g/mol. The Labute approximate surface area is 139 Å². The van der Waals surface area contributed by atoms with Crippen LogP contribution in [-0.4, -0.2) is 24.4 Å². The van der Waals surface area contributed by atoms with Crippen LogP contribution in [0.4, 0.5) is 13.2 Å². The highest BCUT2D eigenvalue weighted by Gasteiger charge is 2.37. The number of hydrogen-bond acceptors (Lipinski definition) is 3. The van der Waals surface area contributed by atoms with E-state index in [9.17, 15) is 18.0 Å². The summed E-state index contributed by atoms with van der Waals surface area (Å²) in [6.45, 7) is 2.33. The van der Waals surface area contributed by atoms with Crippen LogP contribution in [0.25, 0.3) is 0 Å². The highest BCUT2D eigenvalue weighted by atomic mass is 19.4. The summed E-state index contributed by atoms with van der Waals surface area (Å²) in [5, 5.41) is 2.88. The van der Waals surface area contributed by atoms with E-state index in [0.29, 0.717) is 13.0 Å². The van der Waals surface area contributed by atoms with Gasteiger partial charge in [0, 0.05) is 12.1 Å². The van der Waals surface area contributed by atoms with E-state index in [1.807, 2.05) is 6.92 Å². The quantitative estimate of drug-likeness (QED) is 0.862. The molecule has 1 aromatic carbocycles. The van der Waals surface area contributed by atoms with Gasteiger partial charge in [0.25, 0.3) is 0 Å². The van der Waals surface area contributed by atoms with Crippen molar-refractivity contribution in [1.82, 2.24) is 5.32 Å². The Morgan fingerprint density at radius 3 is 2.58 bits per heavy atom. The number of alkyl halides is 3. The fourth-order valence-electron chi connectivity index (χ4n) is 3.10. The third-order valence-electron chi connectivity index (χ3n) is 4.44. The Morgan fingerprint density at radius 1 is 1.33 bits per heavy atom. The molecule has 7 heteroatoms. The van der Waals surface area contributed by atoms with Gasteiger partial charge in [-0.25, -0.2) is 0 Å². The van der Waals surface area contributed by atoms with Crippen LogP contribution in [0.2, 0.25) is 0 Å². The Morgan fingerprint density at radius 2 is 2.00 bits per heavy atom. The molecule has 24 heavy (non-hydrogen) atoms.